The zero-order chi connectivity index (χ0) is 17.9. The van der Waals surface area contributed by atoms with Gasteiger partial charge in [0, 0.05) is 43.2 Å². The van der Waals surface area contributed by atoms with Gasteiger partial charge in [0.15, 0.2) is 0 Å². The van der Waals surface area contributed by atoms with Gasteiger partial charge in [-0.2, -0.15) is 0 Å². The second-order valence-electron chi connectivity index (χ2n) is 7.12. The number of aryl methyl sites for hydroxylation is 1. The molecule has 2 aliphatic rings. The number of carbonyl (C=O) groups excluding carboxylic acids is 1. The van der Waals surface area contributed by atoms with Gasteiger partial charge in [0.05, 0.1) is 5.92 Å². The van der Waals surface area contributed by atoms with E-state index >= 15 is 0 Å². The molecule has 1 aromatic carbocycles. The highest BCUT2D eigenvalue weighted by Crippen LogP contribution is 2.44. The zero-order valence-electron chi connectivity index (χ0n) is 14.2. The largest absolute Gasteiger partial charge is 0.481 e. The predicted molar refractivity (Wildman–Crippen MR) is 94.6 cm³/mol. The summed E-state index contributed by atoms with van der Waals surface area (Å²) in [5.74, 6) is -1.21. The first kappa shape index (κ1) is 18.2. The number of rotatable bonds is 5. The highest BCUT2D eigenvalue weighted by Gasteiger charge is 2.51. The molecular formula is C19H24ClNO4. The summed E-state index contributed by atoms with van der Waals surface area (Å²) in [4.78, 5) is 26.0. The van der Waals surface area contributed by atoms with Crippen molar-refractivity contribution < 1.29 is 19.4 Å². The summed E-state index contributed by atoms with van der Waals surface area (Å²) in [6.45, 7) is 2.05. The van der Waals surface area contributed by atoms with Crippen molar-refractivity contribution in [3.05, 3.63) is 34.9 Å². The monoisotopic (exact) mass is 365 g/mol. The number of halogens is 1. The van der Waals surface area contributed by atoms with E-state index in [0.29, 0.717) is 37.7 Å². The summed E-state index contributed by atoms with van der Waals surface area (Å²) in [7, 11) is 0. The second-order valence-corrected chi connectivity index (χ2v) is 7.56. The normalized spacial score (nSPS) is 22.3. The molecule has 0 bridgehead atoms. The maximum Gasteiger partial charge on any atom is 0.308 e. The van der Waals surface area contributed by atoms with Crippen LogP contribution in [0.3, 0.4) is 0 Å². The van der Waals surface area contributed by atoms with E-state index in [1.54, 1.807) is 4.90 Å². The standard InChI is InChI=1S/C19H24ClNO4/c20-15-6-4-14(5-7-15)2-1-3-17(22)21-12-16(18(23)24)19(13-21)8-10-25-11-9-19/h4-7,16H,1-3,8-13H2,(H,23,24). The number of likely N-dealkylation sites (tertiary alicyclic amines) is 1. The second kappa shape index (κ2) is 7.75. The van der Waals surface area contributed by atoms with Gasteiger partial charge in [-0.3, -0.25) is 9.59 Å². The van der Waals surface area contributed by atoms with Gasteiger partial charge in [0.1, 0.15) is 0 Å². The van der Waals surface area contributed by atoms with E-state index in [9.17, 15) is 14.7 Å². The predicted octanol–water partition coefficient (Wildman–Crippen LogP) is 3.00. The number of hydrogen-bond acceptors (Lipinski definition) is 3. The molecule has 6 heteroatoms. The molecule has 3 rings (SSSR count). The van der Waals surface area contributed by atoms with Gasteiger partial charge in [0.25, 0.3) is 0 Å². The first-order valence-corrected chi connectivity index (χ1v) is 9.21. The van der Waals surface area contributed by atoms with Crippen molar-refractivity contribution in [2.75, 3.05) is 26.3 Å². The molecule has 0 saturated carbocycles. The van der Waals surface area contributed by atoms with E-state index in [-0.39, 0.29) is 11.3 Å². The van der Waals surface area contributed by atoms with E-state index < -0.39 is 11.9 Å². The minimum Gasteiger partial charge on any atom is -0.481 e. The maximum absolute atomic E-state index is 12.6. The SMILES string of the molecule is O=C(O)C1CN(C(=O)CCCc2ccc(Cl)cc2)CC12CCOCC2. The third-order valence-corrected chi connectivity index (χ3v) is 5.81. The van der Waals surface area contributed by atoms with Crippen LogP contribution >= 0.6 is 11.6 Å². The summed E-state index contributed by atoms with van der Waals surface area (Å²) >= 11 is 5.87. The number of benzene rings is 1. The number of hydrogen-bond donors (Lipinski definition) is 1. The van der Waals surface area contributed by atoms with E-state index in [1.807, 2.05) is 24.3 Å². The van der Waals surface area contributed by atoms with Crippen molar-refractivity contribution in [2.24, 2.45) is 11.3 Å². The lowest BCUT2D eigenvalue weighted by Gasteiger charge is -2.36. The van der Waals surface area contributed by atoms with E-state index in [0.717, 1.165) is 31.2 Å². The van der Waals surface area contributed by atoms with Crippen molar-refractivity contribution in [1.82, 2.24) is 4.90 Å². The Morgan fingerprint density at radius 3 is 2.56 bits per heavy atom. The lowest BCUT2D eigenvalue weighted by atomic mass is 9.72. The number of aliphatic carboxylic acids is 1. The number of carboxylic acids is 1. The van der Waals surface area contributed by atoms with E-state index in [2.05, 4.69) is 0 Å². The smallest absolute Gasteiger partial charge is 0.308 e. The maximum atomic E-state index is 12.6. The van der Waals surface area contributed by atoms with Crippen LogP contribution in [0.1, 0.15) is 31.2 Å². The Labute approximate surface area is 152 Å². The van der Waals surface area contributed by atoms with Crippen LogP contribution in [-0.2, 0) is 20.7 Å². The average Bonchev–Trinajstić information content (AvgIpc) is 2.96. The number of amides is 1. The van der Waals surface area contributed by atoms with Crippen LogP contribution in [0.25, 0.3) is 0 Å². The quantitative estimate of drug-likeness (QED) is 0.871. The molecule has 136 valence electrons. The van der Waals surface area contributed by atoms with Crippen molar-refractivity contribution >= 4 is 23.5 Å². The molecule has 0 radical (unpaired) electrons. The van der Waals surface area contributed by atoms with Gasteiger partial charge in [-0.25, -0.2) is 0 Å². The van der Waals surface area contributed by atoms with E-state index in [4.69, 9.17) is 16.3 Å². The highest BCUT2D eigenvalue weighted by atomic mass is 35.5. The molecule has 5 nitrogen and oxygen atoms in total. The lowest BCUT2D eigenvalue weighted by Crippen LogP contribution is -2.40. The molecule has 1 spiro atoms. The van der Waals surface area contributed by atoms with Crippen LogP contribution in [0.15, 0.2) is 24.3 Å². The Balaban J connectivity index is 1.55. The molecule has 2 heterocycles. The van der Waals surface area contributed by atoms with Gasteiger partial charge in [0.2, 0.25) is 5.91 Å². The Hall–Kier alpha value is -1.59. The molecule has 1 amide bonds. The molecule has 2 aliphatic heterocycles. The number of nitrogens with zero attached hydrogens (tertiary/aromatic N) is 1. The molecule has 1 N–H and O–H groups in total. The summed E-state index contributed by atoms with van der Waals surface area (Å²) < 4.78 is 5.40. The Morgan fingerprint density at radius 2 is 1.92 bits per heavy atom. The summed E-state index contributed by atoms with van der Waals surface area (Å²) in [6.07, 6.45) is 3.46. The van der Waals surface area contributed by atoms with Gasteiger partial charge >= 0.3 is 5.97 Å². The minimum atomic E-state index is -0.793. The van der Waals surface area contributed by atoms with Crippen LogP contribution in [0.5, 0.6) is 0 Å². The molecule has 1 atom stereocenters. The average molecular weight is 366 g/mol. The van der Waals surface area contributed by atoms with Crippen molar-refractivity contribution in [3.8, 4) is 0 Å². The number of carboxylic acid groups (broad SMARTS) is 1. The van der Waals surface area contributed by atoms with Gasteiger partial charge in [-0.15, -0.1) is 0 Å². The molecule has 1 unspecified atom stereocenters. The Kier molecular flexibility index (Phi) is 5.64. The fraction of sp³-hybridized carbons (Fsp3) is 0.579. The van der Waals surface area contributed by atoms with Crippen LogP contribution in [0.2, 0.25) is 5.02 Å². The first-order valence-electron chi connectivity index (χ1n) is 8.83. The Morgan fingerprint density at radius 1 is 1.24 bits per heavy atom. The van der Waals surface area contributed by atoms with Crippen molar-refractivity contribution in [3.63, 3.8) is 0 Å². The molecule has 1 aromatic rings. The molecular weight excluding hydrogens is 342 g/mol. The number of ether oxygens (including phenoxy) is 1. The van der Waals surface area contributed by atoms with Gasteiger partial charge in [-0.1, -0.05) is 23.7 Å². The van der Waals surface area contributed by atoms with Crippen LogP contribution in [0.4, 0.5) is 0 Å². The van der Waals surface area contributed by atoms with E-state index in [1.165, 1.54) is 0 Å². The lowest BCUT2D eigenvalue weighted by molar-refractivity contribution is -0.146. The molecule has 2 fully saturated rings. The highest BCUT2D eigenvalue weighted by molar-refractivity contribution is 6.30. The first-order chi connectivity index (χ1) is 12.0. The number of carbonyl (C=O) groups is 2. The topological polar surface area (TPSA) is 66.8 Å². The van der Waals surface area contributed by atoms with Crippen molar-refractivity contribution in [1.29, 1.82) is 0 Å². The third-order valence-electron chi connectivity index (χ3n) is 5.56. The summed E-state index contributed by atoms with van der Waals surface area (Å²) in [5.41, 5.74) is 0.846. The minimum absolute atomic E-state index is 0.0589. The summed E-state index contributed by atoms with van der Waals surface area (Å²) in [5, 5.41) is 10.3. The molecule has 0 aromatic heterocycles. The Bertz CT molecular complexity index is 625. The van der Waals surface area contributed by atoms with Crippen LogP contribution in [-0.4, -0.2) is 48.2 Å². The fourth-order valence-electron chi connectivity index (χ4n) is 4.04. The van der Waals surface area contributed by atoms with Gasteiger partial charge < -0.3 is 14.7 Å². The van der Waals surface area contributed by atoms with Crippen LogP contribution < -0.4 is 0 Å². The third kappa shape index (κ3) is 4.15. The summed E-state index contributed by atoms with van der Waals surface area (Å²) in [6, 6.07) is 7.65. The van der Waals surface area contributed by atoms with Crippen LogP contribution in [0, 0.1) is 11.3 Å². The van der Waals surface area contributed by atoms with Crippen molar-refractivity contribution in [2.45, 2.75) is 32.1 Å². The molecule has 0 aliphatic carbocycles. The molecule has 2 saturated heterocycles. The van der Waals surface area contributed by atoms with Gasteiger partial charge in [-0.05, 0) is 43.4 Å². The fourth-order valence-corrected chi connectivity index (χ4v) is 4.16. The molecule has 25 heavy (non-hydrogen) atoms. The zero-order valence-corrected chi connectivity index (χ0v) is 15.0.